The highest BCUT2D eigenvalue weighted by Gasteiger charge is 1.93. The summed E-state index contributed by atoms with van der Waals surface area (Å²) in [6.07, 6.45) is 5.35. The van der Waals surface area contributed by atoms with E-state index in [2.05, 4.69) is 26.0 Å². The Morgan fingerprint density at radius 3 is 2.75 bits per heavy atom. The average molecular weight is 181 g/mol. The molecular weight excluding hydrogens is 168 g/mol. The molecule has 0 unspecified atom stereocenters. The molecule has 0 bridgehead atoms. The Kier molecular flexibility index (Phi) is 3.36. The number of hydrogen-bond donors (Lipinski definition) is 0. The van der Waals surface area contributed by atoms with Crippen molar-refractivity contribution < 1.29 is 0 Å². The molecule has 0 N–H and O–H groups in total. The van der Waals surface area contributed by atoms with Gasteiger partial charge in [-0.3, -0.25) is 0 Å². The number of halogens is 1. The van der Waals surface area contributed by atoms with Crippen molar-refractivity contribution in [3.05, 3.63) is 40.4 Å². The topological polar surface area (TPSA) is 0 Å². The fraction of sp³-hybridized carbons (Fsp3) is 0.273. The van der Waals surface area contributed by atoms with Crippen molar-refractivity contribution in [2.24, 2.45) is 0 Å². The first-order valence-electron chi connectivity index (χ1n) is 4.16. The third-order valence-corrected chi connectivity index (χ3v) is 2.00. The summed E-state index contributed by atoms with van der Waals surface area (Å²) in [4.78, 5) is 0. The molecule has 0 aliphatic carbocycles. The number of aryl methyl sites for hydroxylation is 1. The van der Waals surface area contributed by atoms with E-state index in [1.54, 1.807) is 0 Å². The second-order valence-electron chi connectivity index (χ2n) is 2.81. The van der Waals surface area contributed by atoms with Crippen LogP contribution in [0.4, 0.5) is 0 Å². The fourth-order valence-corrected chi connectivity index (χ4v) is 1.30. The van der Waals surface area contributed by atoms with Crippen LogP contribution >= 0.6 is 11.6 Å². The molecule has 0 spiro atoms. The molecule has 0 heterocycles. The Bertz CT molecular complexity index is 287. The molecule has 1 heteroatoms. The fourth-order valence-electron chi connectivity index (χ4n) is 1.07. The summed E-state index contributed by atoms with van der Waals surface area (Å²) in [5, 5.41) is 0.807. The van der Waals surface area contributed by atoms with Gasteiger partial charge in [-0.2, -0.15) is 0 Å². The molecule has 0 aliphatic heterocycles. The van der Waals surface area contributed by atoms with Gasteiger partial charge in [-0.05, 0) is 36.6 Å². The van der Waals surface area contributed by atoms with Crippen LogP contribution in [0.15, 0.2) is 24.3 Å². The summed E-state index contributed by atoms with van der Waals surface area (Å²) in [6.45, 7) is 4.20. The van der Waals surface area contributed by atoms with Crippen LogP contribution < -0.4 is 0 Å². The normalized spacial score (nSPS) is 10.9. The quantitative estimate of drug-likeness (QED) is 0.644. The van der Waals surface area contributed by atoms with Gasteiger partial charge in [0.05, 0.1) is 0 Å². The maximum Gasteiger partial charge on any atom is 0.0409 e. The minimum absolute atomic E-state index is 0.807. The predicted octanol–water partition coefficient (Wildman–Crippen LogP) is 4.07. The van der Waals surface area contributed by atoms with Gasteiger partial charge in [-0.15, -0.1) is 0 Å². The molecule has 64 valence electrons. The van der Waals surface area contributed by atoms with E-state index >= 15 is 0 Å². The smallest absolute Gasteiger partial charge is 0.0409 e. The van der Waals surface area contributed by atoms with Crippen LogP contribution in [-0.2, 0) is 0 Å². The van der Waals surface area contributed by atoms with Gasteiger partial charge in [0.15, 0.2) is 0 Å². The molecule has 0 atom stereocenters. The number of benzene rings is 1. The Morgan fingerprint density at radius 1 is 1.42 bits per heavy atom. The van der Waals surface area contributed by atoms with Crippen molar-refractivity contribution in [2.45, 2.75) is 20.3 Å². The maximum absolute atomic E-state index is 5.83. The van der Waals surface area contributed by atoms with Gasteiger partial charge in [0.2, 0.25) is 0 Å². The van der Waals surface area contributed by atoms with Crippen LogP contribution in [0.2, 0.25) is 5.02 Å². The summed E-state index contributed by atoms with van der Waals surface area (Å²) >= 11 is 5.83. The summed E-state index contributed by atoms with van der Waals surface area (Å²) < 4.78 is 0. The standard InChI is InChI=1S/C11H13Cl/c1-3-4-5-10-6-7-11(12)8-9(10)2/h4-8H,3H2,1-2H3/b5-4+. The third-order valence-electron chi connectivity index (χ3n) is 1.76. The molecule has 12 heavy (non-hydrogen) atoms. The largest absolute Gasteiger partial charge is 0.0843 e. The van der Waals surface area contributed by atoms with E-state index in [4.69, 9.17) is 11.6 Å². The van der Waals surface area contributed by atoms with E-state index in [0.717, 1.165) is 11.4 Å². The Morgan fingerprint density at radius 2 is 2.17 bits per heavy atom. The van der Waals surface area contributed by atoms with Crippen molar-refractivity contribution in [2.75, 3.05) is 0 Å². The lowest BCUT2D eigenvalue weighted by Crippen LogP contribution is -1.78. The van der Waals surface area contributed by atoms with Gasteiger partial charge < -0.3 is 0 Å². The van der Waals surface area contributed by atoms with Gasteiger partial charge in [0.1, 0.15) is 0 Å². The molecule has 0 aromatic heterocycles. The highest BCUT2D eigenvalue weighted by molar-refractivity contribution is 6.30. The summed E-state index contributed by atoms with van der Waals surface area (Å²) in [7, 11) is 0. The highest BCUT2D eigenvalue weighted by atomic mass is 35.5. The molecule has 0 saturated heterocycles. The van der Waals surface area contributed by atoms with Gasteiger partial charge >= 0.3 is 0 Å². The first-order chi connectivity index (χ1) is 5.74. The first-order valence-corrected chi connectivity index (χ1v) is 4.54. The van der Waals surface area contributed by atoms with Crippen LogP contribution in [-0.4, -0.2) is 0 Å². The minimum Gasteiger partial charge on any atom is -0.0843 e. The maximum atomic E-state index is 5.83. The Hall–Kier alpha value is -0.750. The van der Waals surface area contributed by atoms with Crippen molar-refractivity contribution in [3.63, 3.8) is 0 Å². The lowest BCUT2D eigenvalue weighted by atomic mass is 10.1. The number of hydrogen-bond acceptors (Lipinski definition) is 0. The first kappa shape index (κ1) is 9.34. The van der Waals surface area contributed by atoms with Crippen molar-refractivity contribution in [1.29, 1.82) is 0 Å². The lowest BCUT2D eigenvalue weighted by Gasteiger charge is -1.99. The zero-order valence-electron chi connectivity index (χ0n) is 7.47. The van der Waals surface area contributed by atoms with Crippen molar-refractivity contribution >= 4 is 17.7 Å². The van der Waals surface area contributed by atoms with Crippen LogP contribution in [0.5, 0.6) is 0 Å². The summed E-state index contributed by atoms with van der Waals surface area (Å²) in [6, 6.07) is 5.95. The highest BCUT2D eigenvalue weighted by Crippen LogP contribution is 2.16. The molecule has 1 aromatic rings. The van der Waals surface area contributed by atoms with Crippen molar-refractivity contribution in [3.8, 4) is 0 Å². The number of allylic oxidation sites excluding steroid dienone is 1. The van der Waals surface area contributed by atoms with Crippen LogP contribution in [0, 0.1) is 6.92 Å². The molecule has 1 rings (SSSR count). The zero-order valence-corrected chi connectivity index (χ0v) is 8.23. The van der Waals surface area contributed by atoms with E-state index in [1.807, 2.05) is 18.2 Å². The number of rotatable bonds is 2. The average Bonchev–Trinajstić information content (AvgIpc) is 2.03. The Balaban J connectivity index is 2.94. The van der Waals surface area contributed by atoms with Crippen molar-refractivity contribution in [1.82, 2.24) is 0 Å². The van der Waals surface area contributed by atoms with Crippen LogP contribution in [0.3, 0.4) is 0 Å². The van der Waals surface area contributed by atoms with Gasteiger partial charge in [0, 0.05) is 5.02 Å². The third kappa shape index (κ3) is 2.38. The molecule has 0 saturated carbocycles. The minimum atomic E-state index is 0.807. The van der Waals surface area contributed by atoms with E-state index in [1.165, 1.54) is 11.1 Å². The SMILES string of the molecule is CC/C=C/c1ccc(Cl)cc1C. The second-order valence-corrected chi connectivity index (χ2v) is 3.25. The molecule has 0 aliphatic rings. The monoisotopic (exact) mass is 180 g/mol. The summed E-state index contributed by atoms with van der Waals surface area (Å²) in [5.41, 5.74) is 2.48. The molecule has 0 amide bonds. The summed E-state index contributed by atoms with van der Waals surface area (Å²) in [5.74, 6) is 0. The van der Waals surface area contributed by atoms with E-state index in [-0.39, 0.29) is 0 Å². The van der Waals surface area contributed by atoms with Gasteiger partial charge in [-0.1, -0.05) is 36.7 Å². The van der Waals surface area contributed by atoms with E-state index < -0.39 is 0 Å². The molecule has 0 nitrogen and oxygen atoms in total. The second kappa shape index (κ2) is 4.32. The van der Waals surface area contributed by atoms with Crippen LogP contribution in [0.1, 0.15) is 24.5 Å². The Labute approximate surface area is 78.9 Å². The van der Waals surface area contributed by atoms with Gasteiger partial charge in [0.25, 0.3) is 0 Å². The predicted molar refractivity (Wildman–Crippen MR) is 55.5 cm³/mol. The molecular formula is C11H13Cl. The molecule has 1 aromatic carbocycles. The lowest BCUT2D eigenvalue weighted by molar-refractivity contribution is 1.23. The van der Waals surface area contributed by atoms with Gasteiger partial charge in [-0.25, -0.2) is 0 Å². The van der Waals surface area contributed by atoms with Crippen LogP contribution in [0.25, 0.3) is 6.08 Å². The van der Waals surface area contributed by atoms with E-state index in [9.17, 15) is 0 Å². The van der Waals surface area contributed by atoms with E-state index in [0.29, 0.717) is 0 Å². The molecule has 0 radical (unpaired) electrons. The zero-order chi connectivity index (χ0) is 8.97. The molecule has 0 fully saturated rings.